The second kappa shape index (κ2) is 12.4. The van der Waals surface area contributed by atoms with Gasteiger partial charge in [0.1, 0.15) is 29.3 Å². The van der Waals surface area contributed by atoms with Gasteiger partial charge in [-0.3, -0.25) is 19.1 Å². The number of amides is 2. The molecule has 3 unspecified atom stereocenters. The molecule has 1 saturated carbocycles. The molecule has 236 valence electrons. The third-order valence-corrected chi connectivity index (χ3v) is 13.4. The van der Waals surface area contributed by atoms with Crippen LogP contribution >= 0.6 is 11.8 Å². The zero-order valence-corrected chi connectivity index (χ0v) is 28.5. The van der Waals surface area contributed by atoms with Gasteiger partial charge in [0.2, 0.25) is 11.8 Å². The van der Waals surface area contributed by atoms with Gasteiger partial charge in [-0.05, 0) is 26.3 Å². The van der Waals surface area contributed by atoms with Gasteiger partial charge in [-0.15, -0.1) is 16.9 Å². The molecule has 0 bridgehead atoms. The average molecular weight is 671 g/mol. The first-order chi connectivity index (χ1) is 20.5. The molecule has 4 heterocycles. The van der Waals surface area contributed by atoms with Crippen molar-refractivity contribution in [3.63, 3.8) is 0 Å². The van der Waals surface area contributed by atoms with Crippen LogP contribution in [0.5, 0.6) is 0 Å². The number of benzene rings is 1. The van der Waals surface area contributed by atoms with Crippen molar-refractivity contribution >= 4 is 51.1 Å². The van der Waals surface area contributed by atoms with Crippen molar-refractivity contribution in [2.24, 2.45) is 17.6 Å². The smallest absolute Gasteiger partial charge is 0.550 e. The van der Waals surface area contributed by atoms with Crippen molar-refractivity contribution in [1.29, 1.82) is 0 Å². The SMILES string of the molecule is CC1(C)S[C@@H]2[C@H](NC(=O)C(N)c3ccccc3)C(=O)N2[C@H]1C(=O)O.C[C@]1(Cn2ccnn2)[C@H](C(=O)[O-])C2C(=O)CC2S1(=O)=O.[Na+]. The fraction of sp³-hybridized carbons (Fsp3) is 0.519. The molecule has 1 aliphatic carbocycles. The second-order valence-electron chi connectivity index (χ2n) is 12.0. The van der Waals surface area contributed by atoms with Gasteiger partial charge in [-0.25, -0.2) is 13.2 Å². The normalized spacial score (nSPS) is 32.3. The van der Waals surface area contributed by atoms with Crippen molar-refractivity contribution in [3.8, 4) is 0 Å². The Balaban J connectivity index is 0.000000203. The summed E-state index contributed by atoms with van der Waals surface area (Å²) < 4.78 is 24.2. The van der Waals surface area contributed by atoms with Gasteiger partial charge in [-0.1, -0.05) is 35.5 Å². The van der Waals surface area contributed by atoms with E-state index < -0.39 is 72.4 Å². The van der Waals surface area contributed by atoms with Crippen LogP contribution in [0.2, 0.25) is 0 Å². The molecule has 2 aromatic rings. The summed E-state index contributed by atoms with van der Waals surface area (Å²) in [5, 5.41) is 29.4. The van der Waals surface area contributed by atoms with Crippen LogP contribution in [0.25, 0.3) is 0 Å². The van der Waals surface area contributed by atoms with Crippen LogP contribution in [0, 0.1) is 11.8 Å². The van der Waals surface area contributed by atoms with Crippen LogP contribution in [-0.2, 0) is 40.4 Å². The van der Waals surface area contributed by atoms with Gasteiger partial charge in [-0.2, -0.15) is 0 Å². The maximum Gasteiger partial charge on any atom is 1.00 e. The minimum Gasteiger partial charge on any atom is -0.550 e. The second-order valence-corrected chi connectivity index (χ2v) is 16.4. The maximum atomic E-state index is 12.6. The molecule has 6 rings (SSSR count). The zero-order chi connectivity index (χ0) is 32.4. The average Bonchev–Trinajstić information content (AvgIpc) is 3.59. The van der Waals surface area contributed by atoms with E-state index in [4.69, 9.17) is 5.73 Å². The van der Waals surface area contributed by atoms with Crippen molar-refractivity contribution in [2.75, 3.05) is 0 Å². The fourth-order valence-corrected chi connectivity index (χ4v) is 10.8. The number of sulfone groups is 1. The molecule has 1 aromatic heterocycles. The van der Waals surface area contributed by atoms with Gasteiger partial charge < -0.3 is 31.0 Å². The summed E-state index contributed by atoms with van der Waals surface area (Å²) in [5.74, 6) is -6.02. The number of ketones is 1. The molecule has 15 nitrogen and oxygen atoms in total. The number of nitrogens with zero attached hydrogens (tertiary/aromatic N) is 4. The van der Waals surface area contributed by atoms with Crippen LogP contribution in [0.1, 0.15) is 38.8 Å². The molecule has 3 aliphatic heterocycles. The third-order valence-electron chi connectivity index (χ3n) is 8.86. The molecule has 4 N–H and O–H groups in total. The Morgan fingerprint density at radius 2 is 1.84 bits per heavy atom. The summed E-state index contributed by atoms with van der Waals surface area (Å²) in [6.45, 7) is 4.76. The van der Waals surface area contributed by atoms with Gasteiger partial charge in [0, 0.05) is 35.2 Å². The monoisotopic (exact) mass is 670 g/mol. The molecular weight excluding hydrogens is 639 g/mol. The number of carbonyl (C=O) groups excluding carboxylic acids is 4. The van der Waals surface area contributed by atoms with Crippen LogP contribution in [0.3, 0.4) is 0 Å². The molecule has 1 aromatic carbocycles. The van der Waals surface area contributed by atoms with Crippen LogP contribution in [-0.4, -0.2) is 95.2 Å². The number of thioether (sulfide) groups is 1. The number of nitrogens with one attached hydrogen (secondary N) is 1. The van der Waals surface area contributed by atoms with E-state index in [2.05, 4.69) is 15.6 Å². The van der Waals surface area contributed by atoms with E-state index in [-0.39, 0.29) is 59.6 Å². The Hall–Kier alpha value is -2.83. The minimum absolute atomic E-state index is 0. The van der Waals surface area contributed by atoms with Gasteiger partial charge in [0.15, 0.2) is 9.84 Å². The molecule has 4 aliphatic rings. The number of hydrogen-bond donors (Lipinski definition) is 3. The Morgan fingerprint density at radius 3 is 2.38 bits per heavy atom. The zero-order valence-electron chi connectivity index (χ0n) is 24.9. The summed E-state index contributed by atoms with van der Waals surface area (Å²) in [6.07, 6.45) is 2.72. The van der Waals surface area contributed by atoms with Gasteiger partial charge in [0.25, 0.3) is 0 Å². The number of Topliss-reactive ketones (excluding diaryl/α,β-unsaturated/α-hetero) is 1. The van der Waals surface area contributed by atoms with E-state index in [0.29, 0.717) is 5.56 Å². The third kappa shape index (κ3) is 5.71. The van der Waals surface area contributed by atoms with E-state index in [1.54, 1.807) is 38.1 Å². The summed E-state index contributed by atoms with van der Waals surface area (Å²) in [6, 6.07) is 6.38. The topological polar surface area (TPSA) is 235 Å². The van der Waals surface area contributed by atoms with E-state index in [1.165, 1.54) is 40.7 Å². The maximum absolute atomic E-state index is 12.6. The number of β-lactam (4-membered cyclic amide) rings is 1. The number of aromatic nitrogens is 3. The predicted octanol–water partition coefficient (Wildman–Crippen LogP) is -4.89. The number of carboxylic acids is 2. The Kier molecular flexibility index (Phi) is 9.66. The van der Waals surface area contributed by atoms with Crippen LogP contribution in [0.15, 0.2) is 42.7 Å². The largest absolute Gasteiger partial charge is 1.00 e. The number of aliphatic carboxylic acids is 2. The summed E-state index contributed by atoms with van der Waals surface area (Å²) in [5.41, 5.74) is 6.59. The van der Waals surface area contributed by atoms with Crippen molar-refractivity contribution in [3.05, 3.63) is 48.3 Å². The van der Waals surface area contributed by atoms with Crippen LogP contribution in [0.4, 0.5) is 0 Å². The minimum atomic E-state index is -3.76. The number of hydrogen-bond acceptors (Lipinski definition) is 12. The quantitative estimate of drug-likeness (QED) is 0.185. The number of carboxylic acid groups (broad SMARTS) is 2. The molecule has 3 saturated heterocycles. The van der Waals surface area contributed by atoms with Gasteiger partial charge >= 0.3 is 35.5 Å². The first-order valence-corrected chi connectivity index (χ1v) is 16.1. The van der Waals surface area contributed by atoms with E-state index in [9.17, 15) is 42.6 Å². The molecule has 0 spiro atoms. The Morgan fingerprint density at radius 1 is 1.20 bits per heavy atom. The molecule has 8 atom stereocenters. The van der Waals surface area contributed by atoms with Crippen molar-refractivity contribution < 1.29 is 72.2 Å². The summed E-state index contributed by atoms with van der Waals surface area (Å²) in [7, 11) is -3.76. The first-order valence-electron chi connectivity index (χ1n) is 13.7. The molecule has 0 radical (unpaired) electrons. The molecular formula is C27H31N6NaO9S2. The number of fused-ring (bicyclic) bond motifs is 2. The molecule has 45 heavy (non-hydrogen) atoms. The van der Waals surface area contributed by atoms with Crippen molar-refractivity contribution in [1.82, 2.24) is 25.2 Å². The molecule has 18 heteroatoms. The Bertz CT molecular complexity index is 1620. The first kappa shape index (κ1) is 35.0. The van der Waals surface area contributed by atoms with E-state index in [1.807, 2.05) is 6.07 Å². The van der Waals surface area contributed by atoms with Crippen molar-refractivity contribution in [2.45, 2.75) is 72.0 Å². The summed E-state index contributed by atoms with van der Waals surface area (Å²) >= 11 is 1.38. The molecule has 2 amide bonds. The number of rotatable bonds is 7. The summed E-state index contributed by atoms with van der Waals surface area (Å²) in [4.78, 5) is 60.5. The van der Waals surface area contributed by atoms with Gasteiger partial charge in [0.05, 0.1) is 22.7 Å². The van der Waals surface area contributed by atoms with E-state index in [0.717, 1.165) is 0 Å². The number of carbonyl (C=O) groups is 5. The fourth-order valence-electron chi connectivity index (χ4n) is 6.54. The Labute approximate surface area is 284 Å². The number of nitrogens with two attached hydrogens (primary N) is 1. The predicted molar refractivity (Wildman–Crippen MR) is 152 cm³/mol. The van der Waals surface area contributed by atoms with Crippen LogP contribution < -0.4 is 45.7 Å². The van der Waals surface area contributed by atoms with E-state index >= 15 is 0 Å². The standard InChI is InChI=1S/C16H19N3O4S.C11H13N3O5S.Na/c1-16(2)11(15(22)23)19-13(21)10(14(19)24-16)18-12(20)9(17)8-6-4-3-5-7-8;1-11(5-14-3-2-12-13-14)9(10(16)17)8-6(15)4-7(8)20(11,18)19;/h3-7,9-11,14H,17H2,1-2H3,(H,18,20)(H,22,23);2-3,7-9H,4-5H2,1H3,(H,16,17);/q;;+1/p-1/t9?,10-,11+,14-;7?,8?,9-,11-;/m10./s1. The molecule has 4 fully saturated rings.